The van der Waals surface area contributed by atoms with E-state index in [1.165, 1.54) is 19.2 Å². The van der Waals surface area contributed by atoms with Gasteiger partial charge < -0.3 is 4.74 Å². The quantitative estimate of drug-likeness (QED) is 0.781. The molecule has 0 atom stereocenters. The largest absolute Gasteiger partial charge is 0.377 e. The summed E-state index contributed by atoms with van der Waals surface area (Å²) in [5, 5.41) is 0. The van der Waals surface area contributed by atoms with E-state index in [1.807, 2.05) is 0 Å². The summed E-state index contributed by atoms with van der Waals surface area (Å²) in [6, 6.07) is 6.05. The summed E-state index contributed by atoms with van der Waals surface area (Å²) >= 11 is 0. The third-order valence-corrected chi connectivity index (χ3v) is 4.43. The molecule has 0 aliphatic carbocycles. The normalized spacial score (nSPS) is 12.4. The molecule has 0 unspecified atom stereocenters. The Morgan fingerprint density at radius 1 is 1.35 bits per heavy atom. The van der Waals surface area contributed by atoms with Crippen molar-refractivity contribution in [2.45, 2.75) is 37.7 Å². The van der Waals surface area contributed by atoms with E-state index in [0.29, 0.717) is 12.0 Å². The standard InChI is InChI=1S/C14H21NO4S/c1-5-13(16)11-7-6-8-12(9-11)20(17,18)15-10-14(2,3)19-4/h6-9,15H,5,10H2,1-4H3. The summed E-state index contributed by atoms with van der Waals surface area (Å²) in [6.07, 6.45) is 0.341. The highest BCUT2D eigenvalue weighted by Gasteiger charge is 2.22. The summed E-state index contributed by atoms with van der Waals surface area (Å²) in [5.41, 5.74) is -0.189. The molecule has 0 saturated heterocycles. The van der Waals surface area contributed by atoms with Gasteiger partial charge in [0, 0.05) is 25.6 Å². The first-order valence-corrected chi connectivity index (χ1v) is 7.88. The van der Waals surface area contributed by atoms with Gasteiger partial charge in [0.15, 0.2) is 5.78 Å². The molecule has 1 N–H and O–H groups in total. The predicted octanol–water partition coefficient (Wildman–Crippen LogP) is 1.98. The van der Waals surface area contributed by atoms with Crippen molar-refractivity contribution >= 4 is 15.8 Å². The lowest BCUT2D eigenvalue weighted by molar-refractivity contribution is 0.0276. The van der Waals surface area contributed by atoms with Crippen molar-refractivity contribution in [3.05, 3.63) is 29.8 Å². The van der Waals surface area contributed by atoms with Crippen LogP contribution in [0.3, 0.4) is 0 Å². The zero-order valence-electron chi connectivity index (χ0n) is 12.3. The van der Waals surface area contributed by atoms with E-state index in [9.17, 15) is 13.2 Å². The summed E-state index contributed by atoms with van der Waals surface area (Å²) in [5.74, 6) is -0.0840. The van der Waals surface area contributed by atoms with Gasteiger partial charge >= 0.3 is 0 Å². The average molecular weight is 299 g/mol. The van der Waals surface area contributed by atoms with Gasteiger partial charge in [-0.2, -0.15) is 0 Å². The second kappa shape index (κ2) is 6.47. The highest BCUT2D eigenvalue weighted by Crippen LogP contribution is 2.14. The SMILES string of the molecule is CCC(=O)c1cccc(S(=O)(=O)NCC(C)(C)OC)c1. The highest BCUT2D eigenvalue weighted by atomic mass is 32.2. The smallest absolute Gasteiger partial charge is 0.240 e. The minimum Gasteiger partial charge on any atom is -0.377 e. The first-order chi connectivity index (χ1) is 9.22. The third-order valence-electron chi connectivity index (χ3n) is 3.03. The first kappa shape index (κ1) is 16.8. The van der Waals surface area contributed by atoms with E-state index in [1.54, 1.807) is 32.9 Å². The number of methoxy groups -OCH3 is 1. The fourth-order valence-corrected chi connectivity index (χ4v) is 2.71. The van der Waals surface area contributed by atoms with Crippen molar-refractivity contribution in [3.8, 4) is 0 Å². The van der Waals surface area contributed by atoms with Gasteiger partial charge in [-0.15, -0.1) is 0 Å². The summed E-state index contributed by atoms with van der Waals surface area (Å²) in [4.78, 5) is 11.7. The molecule has 5 nitrogen and oxygen atoms in total. The highest BCUT2D eigenvalue weighted by molar-refractivity contribution is 7.89. The van der Waals surface area contributed by atoms with E-state index in [0.717, 1.165) is 0 Å². The molecule has 0 spiro atoms. The zero-order chi connectivity index (χ0) is 15.4. The number of rotatable bonds is 7. The van der Waals surface area contributed by atoms with Crippen molar-refractivity contribution in [1.29, 1.82) is 0 Å². The Morgan fingerprint density at radius 2 is 2.00 bits per heavy atom. The second-order valence-corrected chi connectivity index (χ2v) is 6.86. The van der Waals surface area contributed by atoms with E-state index in [2.05, 4.69) is 4.72 Å². The number of ether oxygens (including phenoxy) is 1. The van der Waals surface area contributed by atoms with E-state index >= 15 is 0 Å². The van der Waals surface area contributed by atoms with Crippen molar-refractivity contribution in [1.82, 2.24) is 4.72 Å². The minimum absolute atomic E-state index is 0.0840. The number of carbonyl (C=O) groups excluding carboxylic acids is 1. The Bertz CT molecular complexity index is 579. The molecular formula is C14H21NO4S. The van der Waals surface area contributed by atoms with Crippen molar-refractivity contribution in [2.75, 3.05) is 13.7 Å². The summed E-state index contributed by atoms with van der Waals surface area (Å²) in [7, 11) is -2.13. The van der Waals surface area contributed by atoms with Gasteiger partial charge in [-0.05, 0) is 26.0 Å². The molecule has 0 heterocycles. The average Bonchev–Trinajstić information content (AvgIpc) is 2.45. The molecule has 6 heteroatoms. The van der Waals surface area contributed by atoms with Crippen molar-refractivity contribution in [2.24, 2.45) is 0 Å². The van der Waals surface area contributed by atoms with Crippen molar-refractivity contribution in [3.63, 3.8) is 0 Å². The second-order valence-electron chi connectivity index (χ2n) is 5.09. The van der Waals surface area contributed by atoms with Crippen LogP contribution in [-0.4, -0.2) is 33.5 Å². The van der Waals surface area contributed by atoms with Gasteiger partial charge in [-0.3, -0.25) is 4.79 Å². The topological polar surface area (TPSA) is 72.5 Å². The van der Waals surface area contributed by atoms with Crippen LogP contribution in [0.2, 0.25) is 0 Å². The maximum absolute atomic E-state index is 12.2. The Hall–Kier alpha value is -1.24. The van der Waals surface area contributed by atoms with Crippen LogP contribution < -0.4 is 4.72 Å². The fourth-order valence-electron chi connectivity index (χ4n) is 1.47. The van der Waals surface area contributed by atoms with Crippen LogP contribution in [0.15, 0.2) is 29.2 Å². The predicted molar refractivity (Wildman–Crippen MR) is 77.3 cm³/mol. The Morgan fingerprint density at radius 3 is 2.55 bits per heavy atom. The van der Waals surface area contributed by atoms with Gasteiger partial charge in [0.1, 0.15) is 0 Å². The van der Waals surface area contributed by atoms with Gasteiger partial charge in [-0.1, -0.05) is 19.1 Å². The monoisotopic (exact) mass is 299 g/mol. The number of ketones is 1. The fraction of sp³-hybridized carbons (Fsp3) is 0.500. The Balaban J connectivity index is 2.96. The Labute approximate surface area is 120 Å². The van der Waals surface area contributed by atoms with Crippen LogP contribution in [0.1, 0.15) is 37.6 Å². The van der Waals surface area contributed by atoms with Crippen molar-refractivity contribution < 1.29 is 17.9 Å². The molecule has 20 heavy (non-hydrogen) atoms. The molecule has 1 rings (SSSR count). The molecule has 0 aliphatic rings. The molecule has 1 aromatic carbocycles. The number of carbonyl (C=O) groups is 1. The van der Waals surface area contributed by atoms with Gasteiger partial charge in [0.25, 0.3) is 0 Å². The lowest BCUT2D eigenvalue weighted by atomic mass is 10.1. The van der Waals surface area contributed by atoms with Crippen LogP contribution in [0, 0.1) is 0 Å². The molecule has 0 aliphatic heterocycles. The van der Waals surface area contributed by atoms with Crippen LogP contribution in [-0.2, 0) is 14.8 Å². The number of hydrogen-bond donors (Lipinski definition) is 1. The maximum Gasteiger partial charge on any atom is 0.240 e. The number of sulfonamides is 1. The first-order valence-electron chi connectivity index (χ1n) is 6.40. The number of benzene rings is 1. The molecule has 0 amide bonds. The van der Waals surface area contributed by atoms with Crippen LogP contribution in [0.5, 0.6) is 0 Å². The maximum atomic E-state index is 12.2. The van der Waals surface area contributed by atoms with Crippen LogP contribution >= 0.6 is 0 Å². The molecular weight excluding hydrogens is 278 g/mol. The molecule has 0 aromatic heterocycles. The minimum atomic E-state index is -3.65. The Kier molecular flexibility index (Phi) is 5.44. The number of Topliss-reactive ketones (excluding diaryl/α,β-unsaturated/α-hetero) is 1. The van der Waals surface area contributed by atoms with Gasteiger partial charge in [-0.25, -0.2) is 13.1 Å². The van der Waals surface area contributed by atoms with E-state index in [-0.39, 0.29) is 17.2 Å². The van der Waals surface area contributed by atoms with E-state index < -0.39 is 15.6 Å². The van der Waals surface area contributed by atoms with E-state index in [4.69, 9.17) is 4.74 Å². The third kappa shape index (κ3) is 4.40. The molecule has 0 radical (unpaired) electrons. The summed E-state index contributed by atoms with van der Waals surface area (Å²) < 4.78 is 32.0. The molecule has 0 bridgehead atoms. The van der Waals surface area contributed by atoms with Crippen LogP contribution in [0.4, 0.5) is 0 Å². The van der Waals surface area contributed by atoms with Gasteiger partial charge in [0.05, 0.1) is 10.5 Å². The number of hydrogen-bond acceptors (Lipinski definition) is 4. The lowest BCUT2D eigenvalue weighted by Crippen LogP contribution is -2.39. The van der Waals surface area contributed by atoms with Crippen LogP contribution in [0.25, 0.3) is 0 Å². The van der Waals surface area contributed by atoms with Gasteiger partial charge in [0.2, 0.25) is 10.0 Å². The summed E-state index contributed by atoms with van der Waals surface area (Å²) in [6.45, 7) is 5.46. The number of nitrogens with one attached hydrogen (secondary N) is 1. The molecule has 1 aromatic rings. The zero-order valence-corrected chi connectivity index (χ0v) is 13.1. The molecule has 112 valence electrons. The molecule has 0 fully saturated rings. The molecule has 0 saturated carbocycles. The lowest BCUT2D eigenvalue weighted by Gasteiger charge is -2.23.